The Bertz CT molecular complexity index is 537. The number of nitrogens with one attached hydrogen (secondary N) is 2. The van der Waals surface area contributed by atoms with Crippen LogP contribution in [0.15, 0.2) is 18.3 Å². The number of hydrogen-bond acceptors (Lipinski definition) is 4. The van der Waals surface area contributed by atoms with Gasteiger partial charge in [-0.3, -0.25) is 4.90 Å². The highest BCUT2D eigenvalue weighted by atomic mass is 16.5. The summed E-state index contributed by atoms with van der Waals surface area (Å²) in [6.45, 7) is 5.20. The number of rotatable bonds is 5. The Kier molecular flexibility index (Phi) is 5.33. The van der Waals surface area contributed by atoms with Crippen molar-refractivity contribution in [1.29, 1.82) is 0 Å². The number of ether oxygens (including phenoxy) is 1. The summed E-state index contributed by atoms with van der Waals surface area (Å²) >= 11 is 0. The largest absolute Gasteiger partial charge is 0.478 e. The van der Waals surface area contributed by atoms with Crippen molar-refractivity contribution in [3.63, 3.8) is 0 Å². The molecule has 0 bridgehead atoms. The molecule has 2 aliphatic rings. The predicted molar refractivity (Wildman–Crippen MR) is 88.4 cm³/mol. The van der Waals surface area contributed by atoms with Crippen LogP contribution in [0.3, 0.4) is 0 Å². The van der Waals surface area contributed by atoms with Crippen LogP contribution in [0.2, 0.25) is 0 Å². The number of piperidine rings is 1. The molecule has 2 N–H and O–H groups in total. The first-order valence-corrected chi connectivity index (χ1v) is 8.63. The first-order valence-electron chi connectivity index (χ1n) is 8.63. The number of amides is 2. The molecule has 6 heteroatoms. The summed E-state index contributed by atoms with van der Waals surface area (Å²) in [7, 11) is 0. The molecule has 0 saturated carbocycles. The van der Waals surface area contributed by atoms with Crippen LogP contribution in [0.5, 0.6) is 5.88 Å². The first-order chi connectivity index (χ1) is 11.3. The Morgan fingerprint density at radius 2 is 2.30 bits per heavy atom. The summed E-state index contributed by atoms with van der Waals surface area (Å²) in [6.07, 6.45) is 6.51. The number of nitrogens with zero attached hydrogens (tertiary/aromatic N) is 2. The minimum absolute atomic E-state index is 0.103. The Labute approximate surface area is 137 Å². The third kappa shape index (κ3) is 3.93. The fraction of sp³-hybridized carbons (Fsp3) is 0.647. The zero-order valence-electron chi connectivity index (χ0n) is 13.8. The van der Waals surface area contributed by atoms with Crippen molar-refractivity contribution in [2.75, 3.05) is 19.7 Å². The van der Waals surface area contributed by atoms with E-state index in [0.717, 1.165) is 18.5 Å². The van der Waals surface area contributed by atoms with Crippen LogP contribution in [0, 0.1) is 0 Å². The van der Waals surface area contributed by atoms with Crippen LogP contribution >= 0.6 is 0 Å². The zero-order valence-corrected chi connectivity index (χ0v) is 13.8. The number of carbonyl (C=O) groups excluding carboxylic acids is 1. The van der Waals surface area contributed by atoms with Crippen LogP contribution < -0.4 is 15.4 Å². The molecule has 3 heterocycles. The summed E-state index contributed by atoms with van der Waals surface area (Å²) in [5.74, 6) is 0.592. The van der Waals surface area contributed by atoms with Gasteiger partial charge in [0.15, 0.2) is 0 Å². The summed E-state index contributed by atoms with van der Waals surface area (Å²) in [6, 6.07) is 4.47. The Balaban J connectivity index is 1.50. The lowest BCUT2D eigenvalue weighted by molar-refractivity contribution is 0.179. The maximum absolute atomic E-state index is 12.2. The van der Waals surface area contributed by atoms with E-state index in [1.165, 1.54) is 25.8 Å². The van der Waals surface area contributed by atoms with Crippen molar-refractivity contribution in [1.82, 2.24) is 20.5 Å². The zero-order chi connectivity index (χ0) is 16.1. The van der Waals surface area contributed by atoms with Crippen LogP contribution in [0.1, 0.15) is 38.2 Å². The Hall–Kier alpha value is -1.82. The van der Waals surface area contributed by atoms with Gasteiger partial charge >= 0.3 is 6.03 Å². The predicted octanol–water partition coefficient (Wildman–Crippen LogP) is 1.91. The molecular weight excluding hydrogens is 292 g/mol. The van der Waals surface area contributed by atoms with Crippen LogP contribution in [-0.4, -0.2) is 47.7 Å². The van der Waals surface area contributed by atoms with Gasteiger partial charge in [0.2, 0.25) is 5.88 Å². The van der Waals surface area contributed by atoms with E-state index >= 15 is 0 Å². The van der Waals surface area contributed by atoms with E-state index in [0.29, 0.717) is 25.1 Å². The highest BCUT2D eigenvalue weighted by molar-refractivity contribution is 5.74. The second kappa shape index (κ2) is 7.64. The number of pyridine rings is 1. The van der Waals surface area contributed by atoms with Gasteiger partial charge in [-0.1, -0.05) is 12.5 Å². The normalized spacial score (nSPS) is 24.0. The first kappa shape index (κ1) is 16.1. The molecule has 3 rings (SSSR count). The molecule has 2 amide bonds. The summed E-state index contributed by atoms with van der Waals surface area (Å²) in [5, 5.41) is 6.08. The molecule has 0 aliphatic carbocycles. The van der Waals surface area contributed by atoms with Gasteiger partial charge < -0.3 is 15.4 Å². The van der Waals surface area contributed by atoms with Crippen LogP contribution in [-0.2, 0) is 6.54 Å². The molecule has 1 aromatic rings. The second-order valence-corrected chi connectivity index (χ2v) is 6.22. The molecule has 126 valence electrons. The molecule has 2 atom stereocenters. The standard InChI is InChI=1S/C17H26N4O2/c1-2-23-16-13(6-5-9-18-16)12-19-17(22)20-14-8-11-21-10-4-3-7-15(14)21/h5-6,9,14-15H,2-4,7-8,10-12H2,1H3,(H2,19,20,22)/t14-,15+/m0/s1. The van der Waals surface area contributed by atoms with Gasteiger partial charge in [-0.15, -0.1) is 0 Å². The fourth-order valence-electron chi connectivity index (χ4n) is 3.64. The molecule has 0 spiro atoms. The maximum Gasteiger partial charge on any atom is 0.315 e. The van der Waals surface area contributed by atoms with Gasteiger partial charge in [-0.25, -0.2) is 9.78 Å². The summed E-state index contributed by atoms with van der Waals surface area (Å²) in [4.78, 5) is 18.9. The number of aromatic nitrogens is 1. The summed E-state index contributed by atoms with van der Waals surface area (Å²) in [5.41, 5.74) is 0.898. The van der Waals surface area contributed by atoms with E-state index in [-0.39, 0.29) is 12.1 Å². The molecule has 0 unspecified atom stereocenters. The highest BCUT2D eigenvalue weighted by Crippen LogP contribution is 2.27. The van der Waals surface area contributed by atoms with Crippen molar-refractivity contribution in [2.24, 2.45) is 0 Å². The van der Waals surface area contributed by atoms with Crippen molar-refractivity contribution in [3.8, 4) is 5.88 Å². The van der Waals surface area contributed by atoms with Gasteiger partial charge in [0, 0.05) is 36.9 Å². The monoisotopic (exact) mass is 318 g/mol. The van der Waals surface area contributed by atoms with E-state index in [1.807, 2.05) is 19.1 Å². The lowest BCUT2D eigenvalue weighted by Gasteiger charge is -2.32. The molecular formula is C17H26N4O2. The molecule has 2 fully saturated rings. The van der Waals surface area contributed by atoms with Gasteiger partial charge in [-0.2, -0.15) is 0 Å². The lowest BCUT2D eigenvalue weighted by Crippen LogP contribution is -2.49. The van der Waals surface area contributed by atoms with E-state index < -0.39 is 0 Å². The number of hydrogen-bond donors (Lipinski definition) is 2. The van der Waals surface area contributed by atoms with Gasteiger partial charge in [0.25, 0.3) is 0 Å². The third-order valence-electron chi connectivity index (χ3n) is 4.74. The second-order valence-electron chi connectivity index (χ2n) is 6.22. The number of carbonyl (C=O) groups is 1. The lowest BCUT2D eigenvalue weighted by atomic mass is 9.99. The van der Waals surface area contributed by atoms with Crippen LogP contribution in [0.25, 0.3) is 0 Å². The molecule has 0 aromatic carbocycles. The molecule has 23 heavy (non-hydrogen) atoms. The minimum Gasteiger partial charge on any atom is -0.478 e. The quantitative estimate of drug-likeness (QED) is 0.870. The van der Waals surface area contributed by atoms with E-state index in [9.17, 15) is 4.79 Å². The van der Waals surface area contributed by atoms with Crippen LogP contribution in [0.4, 0.5) is 4.79 Å². The topological polar surface area (TPSA) is 66.5 Å². The number of urea groups is 1. The smallest absolute Gasteiger partial charge is 0.315 e. The Morgan fingerprint density at radius 1 is 1.39 bits per heavy atom. The average Bonchev–Trinajstić information content (AvgIpc) is 2.98. The number of fused-ring (bicyclic) bond motifs is 1. The SMILES string of the molecule is CCOc1ncccc1CNC(=O)N[C@H]1CCN2CCCC[C@H]12. The van der Waals surface area contributed by atoms with Crippen molar-refractivity contribution in [2.45, 2.75) is 51.2 Å². The highest BCUT2D eigenvalue weighted by Gasteiger charge is 2.36. The third-order valence-corrected chi connectivity index (χ3v) is 4.74. The molecule has 6 nitrogen and oxygen atoms in total. The van der Waals surface area contributed by atoms with E-state index in [2.05, 4.69) is 20.5 Å². The molecule has 0 radical (unpaired) electrons. The van der Waals surface area contributed by atoms with Gasteiger partial charge in [-0.05, 0) is 38.8 Å². The summed E-state index contributed by atoms with van der Waals surface area (Å²) < 4.78 is 5.48. The average molecular weight is 318 g/mol. The molecule has 1 aromatic heterocycles. The van der Waals surface area contributed by atoms with Crippen molar-refractivity contribution < 1.29 is 9.53 Å². The fourth-order valence-corrected chi connectivity index (χ4v) is 3.64. The minimum atomic E-state index is -0.103. The van der Waals surface area contributed by atoms with Gasteiger partial charge in [0.1, 0.15) is 0 Å². The van der Waals surface area contributed by atoms with Gasteiger partial charge in [0.05, 0.1) is 6.61 Å². The van der Waals surface area contributed by atoms with Crippen molar-refractivity contribution in [3.05, 3.63) is 23.9 Å². The molecule has 2 aliphatic heterocycles. The van der Waals surface area contributed by atoms with E-state index in [1.54, 1.807) is 6.20 Å². The van der Waals surface area contributed by atoms with E-state index in [4.69, 9.17) is 4.74 Å². The van der Waals surface area contributed by atoms with Crippen molar-refractivity contribution >= 4 is 6.03 Å². The Morgan fingerprint density at radius 3 is 3.17 bits per heavy atom. The molecule has 2 saturated heterocycles. The maximum atomic E-state index is 12.2.